The van der Waals surface area contributed by atoms with Crippen molar-refractivity contribution in [3.8, 4) is 0 Å². The van der Waals surface area contributed by atoms with Crippen molar-refractivity contribution in [3.63, 3.8) is 0 Å². The van der Waals surface area contributed by atoms with Crippen molar-refractivity contribution in [2.75, 3.05) is 18.8 Å². The summed E-state index contributed by atoms with van der Waals surface area (Å²) in [6.45, 7) is 7.57. The van der Waals surface area contributed by atoms with E-state index >= 15 is 0 Å². The van der Waals surface area contributed by atoms with E-state index in [1.807, 2.05) is 6.92 Å². The molecule has 1 atom stereocenters. The Morgan fingerprint density at radius 2 is 2.08 bits per heavy atom. The molecule has 0 aromatic rings. The molecule has 1 unspecified atom stereocenters. The fraction of sp³-hybridized carbons (Fsp3) is 0.889. The molecule has 0 aliphatic heterocycles. The van der Waals surface area contributed by atoms with Crippen LogP contribution in [-0.4, -0.2) is 30.0 Å². The first-order valence-electron chi connectivity index (χ1n) is 4.64. The molecule has 0 saturated heterocycles. The van der Waals surface area contributed by atoms with Crippen LogP contribution in [0.1, 0.15) is 20.8 Å². The molecule has 3 nitrogen and oxygen atoms in total. The Labute approximate surface area is 84.8 Å². The van der Waals surface area contributed by atoms with Gasteiger partial charge in [-0.3, -0.25) is 4.79 Å². The average molecular weight is 204 g/mol. The highest BCUT2D eigenvalue weighted by Gasteiger charge is 2.05. The van der Waals surface area contributed by atoms with Crippen LogP contribution in [0.3, 0.4) is 0 Å². The van der Waals surface area contributed by atoms with Crippen molar-refractivity contribution in [1.29, 1.82) is 0 Å². The molecule has 0 aromatic carbocycles. The second-order valence-corrected chi connectivity index (χ2v) is 4.98. The van der Waals surface area contributed by atoms with Gasteiger partial charge < -0.3 is 11.1 Å². The van der Waals surface area contributed by atoms with Crippen molar-refractivity contribution < 1.29 is 4.79 Å². The Kier molecular flexibility index (Phi) is 7.09. The number of nitrogens with one attached hydrogen (secondary N) is 1. The monoisotopic (exact) mass is 204 g/mol. The van der Waals surface area contributed by atoms with Gasteiger partial charge in [0.2, 0.25) is 5.91 Å². The third kappa shape index (κ3) is 8.12. The van der Waals surface area contributed by atoms with E-state index in [9.17, 15) is 4.79 Å². The molecule has 0 rings (SSSR count). The van der Waals surface area contributed by atoms with E-state index in [-0.39, 0.29) is 5.91 Å². The molecule has 0 heterocycles. The second kappa shape index (κ2) is 7.21. The van der Waals surface area contributed by atoms with Gasteiger partial charge in [0, 0.05) is 18.3 Å². The number of rotatable bonds is 6. The standard InChI is InChI=1S/C9H20N2OS/c1-7(2)5-11-9(12)6-13-8(3)4-10/h7-8H,4-6,10H2,1-3H3,(H,11,12). The van der Waals surface area contributed by atoms with Crippen LogP contribution in [0.4, 0.5) is 0 Å². The summed E-state index contributed by atoms with van der Waals surface area (Å²) in [4.78, 5) is 11.2. The summed E-state index contributed by atoms with van der Waals surface area (Å²) in [5, 5.41) is 3.23. The lowest BCUT2D eigenvalue weighted by Crippen LogP contribution is -2.29. The maximum atomic E-state index is 11.2. The Morgan fingerprint density at radius 1 is 1.46 bits per heavy atom. The van der Waals surface area contributed by atoms with Crippen LogP contribution < -0.4 is 11.1 Å². The van der Waals surface area contributed by atoms with Crippen molar-refractivity contribution in [2.24, 2.45) is 11.7 Å². The van der Waals surface area contributed by atoms with E-state index in [4.69, 9.17) is 5.73 Å². The third-order valence-electron chi connectivity index (χ3n) is 1.54. The van der Waals surface area contributed by atoms with Crippen LogP contribution in [0.15, 0.2) is 0 Å². The number of carbonyl (C=O) groups excluding carboxylic acids is 1. The van der Waals surface area contributed by atoms with Gasteiger partial charge in [-0.2, -0.15) is 0 Å². The predicted octanol–water partition coefficient (Wildman–Crippen LogP) is 0.839. The third-order valence-corrected chi connectivity index (χ3v) is 2.73. The van der Waals surface area contributed by atoms with Crippen molar-refractivity contribution in [2.45, 2.75) is 26.0 Å². The molecular formula is C9H20N2OS. The highest BCUT2D eigenvalue weighted by molar-refractivity contribution is 8.00. The lowest BCUT2D eigenvalue weighted by Gasteiger charge is -2.09. The first-order valence-corrected chi connectivity index (χ1v) is 5.69. The molecule has 0 spiro atoms. The minimum atomic E-state index is 0.110. The SMILES string of the molecule is CC(C)CNC(=O)CSC(C)CN. The van der Waals surface area contributed by atoms with Gasteiger partial charge in [-0.05, 0) is 5.92 Å². The van der Waals surface area contributed by atoms with Gasteiger partial charge in [0.15, 0.2) is 0 Å². The lowest BCUT2D eigenvalue weighted by atomic mass is 10.2. The summed E-state index contributed by atoms with van der Waals surface area (Å²) >= 11 is 1.60. The zero-order valence-corrected chi connectivity index (χ0v) is 9.49. The number of thioether (sulfide) groups is 1. The first-order chi connectivity index (χ1) is 6.06. The molecule has 0 aliphatic carbocycles. The highest BCUT2D eigenvalue weighted by Crippen LogP contribution is 2.07. The lowest BCUT2D eigenvalue weighted by molar-refractivity contribution is -0.118. The Bertz CT molecular complexity index is 151. The van der Waals surface area contributed by atoms with Crippen molar-refractivity contribution in [3.05, 3.63) is 0 Å². The minimum absolute atomic E-state index is 0.110. The smallest absolute Gasteiger partial charge is 0.230 e. The molecule has 0 bridgehead atoms. The summed E-state index contributed by atoms with van der Waals surface area (Å²) in [5.74, 6) is 1.14. The molecule has 3 N–H and O–H groups in total. The number of nitrogens with two attached hydrogens (primary N) is 1. The average Bonchev–Trinajstić information content (AvgIpc) is 2.10. The number of amides is 1. The van der Waals surface area contributed by atoms with Crippen LogP contribution in [-0.2, 0) is 4.79 Å². The molecule has 0 aliphatic rings. The normalized spacial score (nSPS) is 13.0. The van der Waals surface area contributed by atoms with Crippen LogP contribution in [0.5, 0.6) is 0 Å². The molecule has 4 heteroatoms. The maximum absolute atomic E-state index is 11.2. The Balaban J connectivity index is 3.40. The molecule has 1 amide bonds. The zero-order valence-electron chi connectivity index (χ0n) is 8.67. The maximum Gasteiger partial charge on any atom is 0.230 e. The summed E-state index contributed by atoms with van der Waals surface area (Å²) < 4.78 is 0. The van der Waals surface area contributed by atoms with Gasteiger partial charge >= 0.3 is 0 Å². The van der Waals surface area contributed by atoms with E-state index in [0.29, 0.717) is 23.5 Å². The van der Waals surface area contributed by atoms with E-state index in [2.05, 4.69) is 19.2 Å². The van der Waals surface area contributed by atoms with E-state index in [1.54, 1.807) is 11.8 Å². The fourth-order valence-electron chi connectivity index (χ4n) is 0.655. The fourth-order valence-corrected chi connectivity index (χ4v) is 1.33. The summed E-state index contributed by atoms with van der Waals surface area (Å²) in [6, 6.07) is 0. The first kappa shape index (κ1) is 12.8. The Hall–Kier alpha value is -0.220. The molecule has 78 valence electrons. The summed E-state index contributed by atoms with van der Waals surface area (Å²) in [7, 11) is 0. The van der Waals surface area contributed by atoms with Gasteiger partial charge in [-0.1, -0.05) is 20.8 Å². The van der Waals surface area contributed by atoms with Crippen molar-refractivity contribution >= 4 is 17.7 Å². The molecule has 0 aromatic heterocycles. The molecular weight excluding hydrogens is 184 g/mol. The van der Waals surface area contributed by atoms with E-state index in [0.717, 1.165) is 6.54 Å². The van der Waals surface area contributed by atoms with Crippen LogP contribution in [0.2, 0.25) is 0 Å². The van der Waals surface area contributed by atoms with E-state index < -0.39 is 0 Å². The van der Waals surface area contributed by atoms with Gasteiger partial charge in [-0.25, -0.2) is 0 Å². The second-order valence-electron chi connectivity index (χ2n) is 3.56. The molecule has 0 saturated carbocycles. The summed E-state index contributed by atoms with van der Waals surface area (Å²) in [5.41, 5.74) is 5.43. The van der Waals surface area contributed by atoms with Crippen molar-refractivity contribution in [1.82, 2.24) is 5.32 Å². The number of hydrogen-bond donors (Lipinski definition) is 2. The van der Waals surface area contributed by atoms with Gasteiger partial charge in [0.25, 0.3) is 0 Å². The quantitative estimate of drug-likeness (QED) is 0.674. The molecule has 13 heavy (non-hydrogen) atoms. The van der Waals surface area contributed by atoms with Gasteiger partial charge in [0.05, 0.1) is 5.75 Å². The number of hydrogen-bond acceptors (Lipinski definition) is 3. The minimum Gasteiger partial charge on any atom is -0.355 e. The Morgan fingerprint density at radius 3 is 2.54 bits per heavy atom. The predicted molar refractivity (Wildman–Crippen MR) is 58.8 cm³/mol. The zero-order chi connectivity index (χ0) is 10.3. The van der Waals surface area contributed by atoms with Crippen LogP contribution >= 0.6 is 11.8 Å². The number of carbonyl (C=O) groups is 1. The van der Waals surface area contributed by atoms with Gasteiger partial charge in [-0.15, -0.1) is 11.8 Å². The summed E-state index contributed by atoms with van der Waals surface area (Å²) in [6.07, 6.45) is 0. The highest BCUT2D eigenvalue weighted by atomic mass is 32.2. The largest absolute Gasteiger partial charge is 0.355 e. The van der Waals surface area contributed by atoms with E-state index in [1.165, 1.54) is 0 Å². The van der Waals surface area contributed by atoms with Crippen LogP contribution in [0, 0.1) is 5.92 Å². The molecule has 0 radical (unpaired) electrons. The van der Waals surface area contributed by atoms with Crippen LogP contribution in [0.25, 0.3) is 0 Å². The molecule has 0 fully saturated rings. The van der Waals surface area contributed by atoms with Gasteiger partial charge in [0.1, 0.15) is 0 Å². The topological polar surface area (TPSA) is 55.1 Å².